The fraction of sp³-hybridized carbons (Fsp3) is 0.778. The average molecular weight is 261 g/mol. The second-order valence-electron chi connectivity index (χ2n) is 3.84. The van der Waals surface area contributed by atoms with Gasteiger partial charge < -0.3 is 9.84 Å². The van der Waals surface area contributed by atoms with Crippen molar-refractivity contribution in [3.8, 4) is 0 Å². The highest BCUT2D eigenvalue weighted by Gasteiger charge is 2.35. The normalized spacial score (nSPS) is 25.9. The van der Waals surface area contributed by atoms with Gasteiger partial charge in [-0.05, 0) is 0 Å². The first-order valence-corrected chi connectivity index (χ1v) is 6.54. The maximum atomic E-state index is 11.9. The second kappa shape index (κ2) is 5.56. The Morgan fingerprint density at radius 1 is 1.35 bits per heavy atom. The fourth-order valence-corrected chi connectivity index (χ4v) is 2.87. The molecule has 1 atom stereocenters. The van der Waals surface area contributed by atoms with E-state index < -0.39 is 12.0 Å². The molecule has 17 heavy (non-hydrogen) atoms. The minimum Gasteiger partial charge on any atom is -0.480 e. The number of ether oxygens (including phenoxy) is 1. The van der Waals surface area contributed by atoms with Crippen LogP contribution in [-0.4, -0.2) is 71.0 Å². The predicted molar refractivity (Wildman–Crippen MR) is 61.5 cm³/mol. The molecular formula is C9H15N3O4S. The molecule has 0 spiro atoms. The number of morpholine rings is 1. The van der Waals surface area contributed by atoms with Crippen molar-refractivity contribution < 1.29 is 19.4 Å². The molecule has 2 N–H and O–H groups in total. The first kappa shape index (κ1) is 12.5. The summed E-state index contributed by atoms with van der Waals surface area (Å²) in [5.74, 6) is -0.0777. The van der Waals surface area contributed by atoms with Gasteiger partial charge in [0.1, 0.15) is 6.04 Å². The molecule has 0 bridgehead atoms. The largest absolute Gasteiger partial charge is 0.480 e. The number of aliphatic carboxylic acids is 1. The summed E-state index contributed by atoms with van der Waals surface area (Å²) in [6.07, 6.45) is 0. The SMILES string of the molecule is O=C(O)[C@@H]1CSCN1C(=O)NN1CCOCC1. The summed E-state index contributed by atoms with van der Waals surface area (Å²) >= 11 is 1.45. The molecular weight excluding hydrogens is 246 g/mol. The number of carboxylic acid groups (broad SMARTS) is 1. The van der Waals surface area contributed by atoms with E-state index in [1.54, 1.807) is 5.01 Å². The van der Waals surface area contributed by atoms with Crippen LogP contribution in [0.15, 0.2) is 0 Å². The van der Waals surface area contributed by atoms with Gasteiger partial charge in [-0.1, -0.05) is 0 Å². The summed E-state index contributed by atoms with van der Waals surface area (Å²) in [7, 11) is 0. The molecule has 2 fully saturated rings. The minimum absolute atomic E-state index is 0.343. The third-order valence-corrected chi connectivity index (χ3v) is 3.71. The summed E-state index contributed by atoms with van der Waals surface area (Å²) in [6, 6.07) is -1.06. The number of carboxylic acids is 1. The zero-order valence-corrected chi connectivity index (χ0v) is 10.1. The first-order valence-electron chi connectivity index (χ1n) is 5.39. The molecule has 0 aromatic carbocycles. The van der Waals surface area contributed by atoms with Crippen LogP contribution in [0.1, 0.15) is 0 Å². The van der Waals surface area contributed by atoms with E-state index in [9.17, 15) is 9.59 Å². The van der Waals surface area contributed by atoms with E-state index in [1.807, 2.05) is 0 Å². The van der Waals surface area contributed by atoms with E-state index in [0.717, 1.165) is 0 Å². The molecule has 0 aromatic rings. The van der Waals surface area contributed by atoms with Crippen LogP contribution in [0.5, 0.6) is 0 Å². The van der Waals surface area contributed by atoms with E-state index >= 15 is 0 Å². The van der Waals surface area contributed by atoms with Crippen LogP contribution < -0.4 is 5.43 Å². The van der Waals surface area contributed by atoms with Crippen molar-refractivity contribution in [1.82, 2.24) is 15.3 Å². The number of thioether (sulfide) groups is 1. The highest BCUT2D eigenvalue weighted by atomic mass is 32.2. The van der Waals surface area contributed by atoms with Crippen molar-refractivity contribution >= 4 is 23.8 Å². The van der Waals surface area contributed by atoms with E-state index in [0.29, 0.717) is 37.9 Å². The van der Waals surface area contributed by atoms with Gasteiger partial charge in [-0.15, -0.1) is 11.8 Å². The number of nitrogens with zero attached hydrogens (tertiary/aromatic N) is 2. The Morgan fingerprint density at radius 3 is 2.71 bits per heavy atom. The standard InChI is InChI=1S/C9H15N3O4S/c13-8(14)7-5-17-6-12(7)9(15)10-11-1-3-16-4-2-11/h7H,1-6H2,(H,10,15)(H,13,14)/t7-/m0/s1. The summed E-state index contributed by atoms with van der Waals surface area (Å²) in [6.45, 7) is 2.42. The van der Waals surface area contributed by atoms with Gasteiger partial charge >= 0.3 is 12.0 Å². The molecule has 2 aliphatic rings. The van der Waals surface area contributed by atoms with E-state index in [2.05, 4.69) is 5.43 Å². The van der Waals surface area contributed by atoms with Crippen LogP contribution in [0.25, 0.3) is 0 Å². The quantitative estimate of drug-likeness (QED) is 0.691. The van der Waals surface area contributed by atoms with Crippen molar-refractivity contribution in [2.24, 2.45) is 0 Å². The summed E-state index contributed by atoms with van der Waals surface area (Å²) < 4.78 is 5.16. The van der Waals surface area contributed by atoms with Gasteiger partial charge in [0.2, 0.25) is 0 Å². The Labute approximate surface area is 103 Å². The van der Waals surface area contributed by atoms with E-state index in [1.165, 1.54) is 16.7 Å². The number of urea groups is 1. The number of hydrazine groups is 1. The number of carbonyl (C=O) groups is 2. The van der Waals surface area contributed by atoms with Crippen LogP contribution in [0.3, 0.4) is 0 Å². The molecule has 2 heterocycles. The summed E-state index contributed by atoms with van der Waals surface area (Å²) in [5.41, 5.74) is 2.71. The van der Waals surface area contributed by atoms with Crippen molar-refractivity contribution in [3.63, 3.8) is 0 Å². The Kier molecular flexibility index (Phi) is 4.08. The Hall–Kier alpha value is -0.990. The number of carbonyl (C=O) groups excluding carboxylic acids is 1. The predicted octanol–water partition coefficient (Wildman–Crippen LogP) is -0.597. The average Bonchev–Trinajstić information content (AvgIpc) is 2.79. The summed E-state index contributed by atoms with van der Waals surface area (Å²) in [5, 5.41) is 10.7. The third-order valence-electron chi connectivity index (χ3n) is 2.69. The molecule has 2 saturated heterocycles. The molecule has 2 aliphatic heterocycles. The number of rotatable bonds is 2. The number of amides is 2. The molecule has 0 saturated carbocycles. The Bertz CT molecular complexity index is 309. The van der Waals surface area contributed by atoms with Gasteiger partial charge in [-0.25, -0.2) is 14.6 Å². The van der Waals surface area contributed by atoms with Gasteiger partial charge in [0.05, 0.1) is 19.1 Å². The number of nitrogens with one attached hydrogen (secondary N) is 1. The second-order valence-corrected chi connectivity index (χ2v) is 4.84. The van der Waals surface area contributed by atoms with Crippen LogP contribution in [-0.2, 0) is 9.53 Å². The fourth-order valence-electron chi connectivity index (χ4n) is 1.72. The van der Waals surface area contributed by atoms with Crippen LogP contribution in [0.4, 0.5) is 4.79 Å². The lowest BCUT2D eigenvalue weighted by Gasteiger charge is -2.30. The minimum atomic E-state index is -0.952. The lowest BCUT2D eigenvalue weighted by atomic mass is 10.3. The molecule has 0 aromatic heterocycles. The molecule has 0 unspecified atom stereocenters. The smallest absolute Gasteiger partial charge is 0.333 e. The first-order chi connectivity index (χ1) is 8.18. The summed E-state index contributed by atoms with van der Waals surface area (Å²) in [4.78, 5) is 24.2. The number of hydrogen-bond donors (Lipinski definition) is 2. The number of hydrogen-bond acceptors (Lipinski definition) is 5. The molecule has 7 nitrogen and oxygen atoms in total. The zero-order chi connectivity index (χ0) is 12.3. The van der Waals surface area contributed by atoms with Gasteiger partial charge in [0.15, 0.2) is 0 Å². The maximum absolute atomic E-state index is 11.9. The van der Waals surface area contributed by atoms with Crippen molar-refractivity contribution in [3.05, 3.63) is 0 Å². The highest BCUT2D eigenvalue weighted by molar-refractivity contribution is 7.99. The lowest BCUT2D eigenvalue weighted by molar-refractivity contribution is -0.140. The van der Waals surface area contributed by atoms with E-state index in [4.69, 9.17) is 9.84 Å². The van der Waals surface area contributed by atoms with E-state index in [-0.39, 0.29) is 6.03 Å². The molecule has 0 aliphatic carbocycles. The van der Waals surface area contributed by atoms with Gasteiger partial charge in [-0.3, -0.25) is 10.3 Å². The zero-order valence-electron chi connectivity index (χ0n) is 9.29. The highest BCUT2D eigenvalue weighted by Crippen LogP contribution is 2.20. The van der Waals surface area contributed by atoms with Crippen LogP contribution >= 0.6 is 11.8 Å². The monoisotopic (exact) mass is 261 g/mol. The van der Waals surface area contributed by atoms with Crippen molar-refractivity contribution in [2.75, 3.05) is 37.9 Å². The van der Waals surface area contributed by atoms with Gasteiger partial charge in [0, 0.05) is 18.8 Å². The molecule has 96 valence electrons. The van der Waals surface area contributed by atoms with Crippen LogP contribution in [0, 0.1) is 0 Å². The topological polar surface area (TPSA) is 82.1 Å². The lowest BCUT2D eigenvalue weighted by Crippen LogP contribution is -2.55. The molecule has 0 radical (unpaired) electrons. The van der Waals surface area contributed by atoms with Gasteiger partial charge in [-0.2, -0.15) is 0 Å². The van der Waals surface area contributed by atoms with Crippen molar-refractivity contribution in [2.45, 2.75) is 6.04 Å². The Balaban J connectivity index is 1.88. The van der Waals surface area contributed by atoms with Crippen LogP contribution in [0.2, 0.25) is 0 Å². The van der Waals surface area contributed by atoms with Crippen molar-refractivity contribution in [1.29, 1.82) is 0 Å². The third kappa shape index (κ3) is 3.02. The van der Waals surface area contributed by atoms with Gasteiger partial charge in [0.25, 0.3) is 0 Å². The maximum Gasteiger partial charge on any atom is 0.333 e. The molecule has 2 rings (SSSR count). The Morgan fingerprint density at radius 2 is 2.06 bits per heavy atom. The molecule has 8 heteroatoms. The molecule has 2 amide bonds.